The summed E-state index contributed by atoms with van der Waals surface area (Å²) in [5.41, 5.74) is 0.814. The van der Waals surface area contributed by atoms with Gasteiger partial charge < -0.3 is 19.6 Å². The Morgan fingerprint density at radius 3 is 2.46 bits per heavy atom. The Morgan fingerprint density at radius 1 is 1.17 bits per heavy atom. The molecule has 0 spiro atoms. The van der Waals surface area contributed by atoms with E-state index in [4.69, 9.17) is 9.84 Å². The number of para-hydroxylation sites is 1. The van der Waals surface area contributed by atoms with Crippen molar-refractivity contribution in [2.45, 2.75) is 37.5 Å². The number of carboxylic acids is 1. The summed E-state index contributed by atoms with van der Waals surface area (Å²) in [5.74, 6) is -1.50. The zero-order valence-corrected chi connectivity index (χ0v) is 13.4. The van der Waals surface area contributed by atoms with E-state index < -0.39 is 24.2 Å². The number of aliphatic carboxylic acids is 1. The number of ether oxygens (including phenoxy) is 1. The molecule has 0 radical (unpaired) electrons. The lowest BCUT2D eigenvalue weighted by molar-refractivity contribution is -0.156. The van der Waals surface area contributed by atoms with Gasteiger partial charge in [0.1, 0.15) is 12.1 Å². The van der Waals surface area contributed by atoms with Crippen LogP contribution in [0.25, 0.3) is 0 Å². The zero-order valence-electron chi connectivity index (χ0n) is 13.4. The van der Waals surface area contributed by atoms with Crippen LogP contribution in [0.3, 0.4) is 0 Å². The number of carbonyl (C=O) groups excluding carboxylic acids is 2. The maximum absolute atomic E-state index is 12.6. The van der Waals surface area contributed by atoms with Crippen molar-refractivity contribution in [1.29, 1.82) is 0 Å². The quantitative estimate of drug-likeness (QED) is 0.884. The predicted octanol–water partition coefficient (Wildman–Crippen LogP) is 0.882. The van der Waals surface area contributed by atoms with Gasteiger partial charge >= 0.3 is 5.97 Å². The molecule has 0 bridgehead atoms. The highest BCUT2D eigenvalue weighted by atomic mass is 16.5. The van der Waals surface area contributed by atoms with E-state index in [-0.39, 0.29) is 11.8 Å². The monoisotopic (exact) mass is 332 g/mol. The summed E-state index contributed by atoms with van der Waals surface area (Å²) in [6, 6.07) is 8.80. The molecule has 24 heavy (non-hydrogen) atoms. The third kappa shape index (κ3) is 2.99. The van der Waals surface area contributed by atoms with E-state index in [0.29, 0.717) is 25.8 Å². The molecule has 128 valence electrons. The van der Waals surface area contributed by atoms with Gasteiger partial charge in [-0.2, -0.15) is 0 Å². The van der Waals surface area contributed by atoms with Gasteiger partial charge in [0.2, 0.25) is 5.91 Å². The van der Waals surface area contributed by atoms with Crippen LogP contribution in [0.2, 0.25) is 0 Å². The molecule has 2 heterocycles. The molecule has 0 aromatic heterocycles. The molecule has 1 unspecified atom stereocenters. The molecule has 0 aliphatic carbocycles. The van der Waals surface area contributed by atoms with Crippen molar-refractivity contribution in [2.24, 2.45) is 0 Å². The Morgan fingerprint density at radius 2 is 1.83 bits per heavy atom. The summed E-state index contributed by atoms with van der Waals surface area (Å²) >= 11 is 0. The van der Waals surface area contributed by atoms with E-state index >= 15 is 0 Å². The SMILES string of the molecule is CN(C(=O)[C@@H]1CC[C@H](C(=O)O)O1)C1CCN(c2ccccc2)C1=O. The first-order valence-electron chi connectivity index (χ1n) is 8.00. The number of nitrogens with zero attached hydrogens (tertiary/aromatic N) is 2. The third-order valence-electron chi connectivity index (χ3n) is 4.63. The molecule has 1 aromatic rings. The number of carboxylic acid groups (broad SMARTS) is 1. The van der Waals surface area contributed by atoms with Crippen LogP contribution in [0.4, 0.5) is 5.69 Å². The first-order valence-corrected chi connectivity index (χ1v) is 8.00. The van der Waals surface area contributed by atoms with Gasteiger partial charge in [0.25, 0.3) is 5.91 Å². The fraction of sp³-hybridized carbons (Fsp3) is 0.471. The van der Waals surface area contributed by atoms with Crippen molar-refractivity contribution in [3.8, 4) is 0 Å². The smallest absolute Gasteiger partial charge is 0.332 e. The van der Waals surface area contributed by atoms with Crippen molar-refractivity contribution in [1.82, 2.24) is 4.90 Å². The van der Waals surface area contributed by atoms with Gasteiger partial charge in [-0.25, -0.2) is 4.79 Å². The summed E-state index contributed by atoms with van der Waals surface area (Å²) in [5, 5.41) is 8.96. The minimum absolute atomic E-state index is 0.121. The topological polar surface area (TPSA) is 87.2 Å². The number of carbonyl (C=O) groups is 3. The number of rotatable bonds is 4. The van der Waals surface area contributed by atoms with E-state index in [1.54, 1.807) is 11.9 Å². The van der Waals surface area contributed by atoms with Crippen LogP contribution in [0, 0.1) is 0 Å². The number of likely N-dealkylation sites (N-methyl/N-ethyl adjacent to an activating group) is 1. The molecule has 7 nitrogen and oxygen atoms in total. The Bertz CT molecular complexity index is 648. The van der Waals surface area contributed by atoms with Gasteiger partial charge in [0.05, 0.1) is 0 Å². The molecule has 1 N–H and O–H groups in total. The van der Waals surface area contributed by atoms with Crippen molar-refractivity contribution in [3.05, 3.63) is 30.3 Å². The molecule has 2 saturated heterocycles. The van der Waals surface area contributed by atoms with Gasteiger partial charge in [0, 0.05) is 19.3 Å². The standard InChI is InChI=1S/C17H20N2O5/c1-18(16(21)13-7-8-14(24-13)17(22)23)12-9-10-19(15(12)20)11-5-3-2-4-6-11/h2-6,12-14H,7-10H2,1H3,(H,22,23)/t12?,13-,14+/m0/s1. The highest BCUT2D eigenvalue weighted by Crippen LogP contribution is 2.26. The number of anilines is 1. The largest absolute Gasteiger partial charge is 0.479 e. The molecule has 1 aromatic carbocycles. The molecule has 3 rings (SSSR count). The normalized spacial score (nSPS) is 26.6. The van der Waals surface area contributed by atoms with Gasteiger partial charge in [-0.3, -0.25) is 9.59 Å². The molecular formula is C17H20N2O5. The number of benzene rings is 1. The molecule has 2 aliphatic rings. The lowest BCUT2D eigenvalue weighted by atomic mass is 10.1. The third-order valence-corrected chi connectivity index (χ3v) is 4.63. The average Bonchev–Trinajstić information content (AvgIpc) is 3.21. The minimum atomic E-state index is -1.06. The summed E-state index contributed by atoms with van der Waals surface area (Å²) in [6.45, 7) is 0.550. The second kappa shape index (κ2) is 6.60. The highest BCUT2D eigenvalue weighted by molar-refractivity contribution is 6.01. The Kier molecular flexibility index (Phi) is 4.53. The van der Waals surface area contributed by atoms with Crippen molar-refractivity contribution in [2.75, 3.05) is 18.5 Å². The maximum Gasteiger partial charge on any atom is 0.332 e. The maximum atomic E-state index is 12.6. The van der Waals surface area contributed by atoms with Crippen LogP contribution >= 0.6 is 0 Å². The molecule has 7 heteroatoms. The van der Waals surface area contributed by atoms with Crippen LogP contribution < -0.4 is 4.90 Å². The summed E-state index contributed by atoms with van der Waals surface area (Å²) in [7, 11) is 1.58. The predicted molar refractivity (Wildman–Crippen MR) is 85.5 cm³/mol. The molecule has 0 saturated carbocycles. The van der Waals surface area contributed by atoms with Gasteiger partial charge in [-0.15, -0.1) is 0 Å². The molecule has 2 aliphatic heterocycles. The first kappa shape index (κ1) is 16.4. The summed E-state index contributed by atoms with van der Waals surface area (Å²) in [6.07, 6.45) is -0.495. The number of hydrogen-bond donors (Lipinski definition) is 1. The highest BCUT2D eigenvalue weighted by Gasteiger charge is 2.42. The van der Waals surface area contributed by atoms with Gasteiger partial charge in [-0.05, 0) is 31.4 Å². The van der Waals surface area contributed by atoms with Crippen LogP contribution in [0.15, 0.2) is 30.3 Å². The summed E-state index contributed by atoms with van der Waals surface area (Å²) in [4.78, 5) is 39.2. The van der Waals surface area contributed by atoms with E-state index in [1.807, 2.05) is 30.3 Å². The Balaban J connectivity index is 1.65. The molecular weight excluding hydrogens is 312 g/mol. The van der Waals surface area contributed by atoms with E-state index in [1.165, 1.54) is 4.90 Å². The van der Waals surface area contributed by atoms with Crippen molar-refractivity contribution in [3.63, 3.8) is 0 Å². The lowest BCUT2D eigenvalue weighted by Crippen LogP contribution is -2.47. The van der Waals surface area contributed by atoms with Crippen LogP contribution in [0.5, 0.6) is 0 Å². The van der Waals surface area contributed by atoms with Gasteiger partial charge in [0.15, 0.2) is 6.10 Å². The first-order chi connectivity index (χ1) is 11.5. The second-order valence-corrected chi connectivity index (χ2v) is 6.11. The van der Waals surface area contributed by atoms with Crippen LogP contribution in [0.1, 0.15) is 19.3 Å². The Hall–Kier alpha value is -2.41. The average molecular weight is 332 g/mol. The second-order valence-electron chi connectivity index (χ2n) is 6.11. The van der Waals surface area contributed by atoms with Crippen molar-refractivity contribution < 1.29 is 24.2 Å². The lowest BCUT2D eigenvalue weighted by Gasteiger charge is -2.26. The Labute approximate surface area is 139 Å². The van der Waals surface area contributed by atoms with E-state index in [9.17, 15) is 14.4 Å². The molecule has 2 fully saturated rings. The fourth-order valence-corrected chi connectivity index (χ4v) is 3.27. The van der Waals surface area contributed by atoms with Crippen LogP contribution in [-0.2, 0) is 19.1 Å². The summed E-state index contributed by atoms with van der Waals surface area (Å²) < 4.78 is 5.30. The van der Waals surface area contributed by atoms with Crippen molar-refractivity contribution >= 4 is 23.5 Å². The zero-order chi connectivity index (χ0) is 17.3. The number of amides is 2. The molecule has 2 amide bonds. The van der Waals surface area contributed by atoms with Crippen LogP contribution in [-0.4, -0.2) is 59.6 Å². The van der Waals surface area contributed by atoms with E-state index in [2.05, 4.69) is 0 Å². The number of hydrogen-bond acceptors (Lipinski definition) is 4. The minimum Gasteiger partial charge on any atom is -0.479 e. The fourth-order valence-electron chi connectivity index (χ4n) is 3.27. The van der Waals surface area contributed by atoms with E-state index in [0.717, 1.165) is 5.69 Å². The van der Waals surface area contributed by atoms with Gasteiger partial charge in [-0.1, -0.05) is 18.2 Å². The molecule has 3 atom stereocenters.